The standard InChI is InChI=1S/C25H26N4O3/c1-15-9-11-29(15)25(31)21-14-28-23(16(21)2)22(8-10-26)32-20-7-6-17-4-5-18(24(30)27-3)12-19(17)13-20/h4-8,10,12-15,26,28H,9,11H2,1-3H3,(H,27,30)/b22-8+,26-10?. The second-order valence-electron chi connectivity index (χ2n) is 7.94. The second kappa shape index (κ2) is 8.70. The van der Waals surface area contributed by atoms with Gasteiger partial charge in [0, 0.05) is 43.7 Å². The highest BCUT2D eigenvalue weighted by molar-refractivity contribution is 5.99. The maximum absolute atomic E-state index is 12.8. The fourth-order valence-electron chi connectivity index (χ4n) is 3.89. The lowest BCUT2D eigenvalue weighted by atomic mass is 10.0. The van der Waals surface area contributed by atoms with Crippen LogP contribution >= 0.6 is 0 Å². The van der Waals surface area contributed by atoms with Crippen LogP contribution in [0, 0.1) is 12.3 Å². The zero-order chi connectivity index (χ0) is 22.8. The summed E-state index contributed by atoms with van der Waals surface area (Å²) in [5.74, 6) is 0.858. The summed E-state index contributed by atoms with van der Waals surface area (Å²) >= 11 is 0. The number of hydrogen-bond donors (Lipinski definition) is 3. The van der Waals surface area contributed by atoms with Crippen LogP contribution in [0.1, 0.15) is 45.3 Å². The number of amides is 2. The Balaban J connectivity index is 1.64. The molecule has 2 aromatic carbocycles. The van der Waals surface area contributed by atoms with Crippen LogP contribution < -0.4 is 10.1 Å². The van der Waals surface area contributed by atoms with E-state index in [0.717, 1.165) is 35.5 Å². The van der Waals surface area contributed by atoms with Gasteiger partial charge in [-0.25, -0.2) is 0 Å². The molecule has 1 unspecified atom stereocenters. The van der Waals surface area contributed by atoms with Crippen molar-refractivity contribution >= 4 is 34.6 Å². The molecule has 1 aliphatic rings. The smallest absolute Gasteiger partial charge is 0.255 e. The van der Waals surface area contributed by atoms with Crippen molar-refractivity contribution in [3.05, 3.63) is 71.1 Å². The number of ether oxygens (including phenoxy) is 1. The summed E-state index contributed by atoms with van der Waals surface area (Å²) in [6, 6.07) is 11.3. The molecule has 7 heteroatoms. The van der Waals surface area contributed by atoms with E-state index >= 15 is 0 Å². The van der Waals surface area contributed by atoms with Gasteiger partial charge in [0.1, 0.15) is 5.75 Å². The largest absolute Gasteiger partial charge is 0.455 e. The van der Waals surface area contributed by atoms with Crippen LogP contribution in [0.4, 0.5) is 0 Å². The van der Waals surface area contributed by atoms with Gasteiger partial charge in [-0.15, -0.1) is 0 Å². The maximum Gasteiger partial charge on any atom is 0.255 e. The minimum absolute atomic E-state index is 0.00499. The summed E-state index contributed by atoms with van der Waals surface area (Å²) in [6.45, 7) is 4.69. The van der Waals surface area contributed by atoms with Crippen molar-refractivity contribution in [2.75, 3.05) is 13.6 Å². The van der Waals surface area contributed by atoms with Crippen LogP contribution in [-0.2, 0) is 0 Å². The normalized spacial score (nSPS) is 15.9. The van der Waals surface area contributed by atoms with Crippen molar-refractivity contribution in [3.8, 4) is 5.75 Å². The number of H-pyrrole nitrogens is 1. The number of fused-ring (bicyclic) bond motifs is 1. The average molecular weight is 431 g/mol. The minimum atomic E-state index is -0.154. The van der Waals surface area contributed by atoms with Crippen LogP contribution in [-0.4, -0.2) is 47.5 Å². The first-order chi connectivity index (χ1) is 15.4. The third-order valence-electron chi connectivity index (χ3n) is 5.96. The van der Waals surface area contributed by atoms with Gasteiger partial charge in [-0.05, 0) is 60.9 Å². The number of aromatic amines is 1. The van der Waals surface area contributed by atoms with E-state index in [1.165, 1.54) is 0 Å². The summed E-state index contributed by atoms with van der Waals surface area (Å²) < 4.78 is 6.12. The highest BCUT2D eigenvalue weighted by Gasteiger charge is 2.31. The summed E-state index contributed by atoms with van der Waals surface area (Å²) in [7, 11) is 1.60. The van der Waals surface area contributed by atoms with E-state index in [9.17, 15) is 9.59 Å². The SMILES string of the molecule is CNC(=O)c1ccc2ccc(O/C(=C/C=N)c3[nH]cc(C(=O)N4CCC4C)c3C)cc2c1. The van der Waals surface area contributed by atoms with E-state index in [1.54, 1.807) is 25.4 Å². The van der Waals surface area contributed by atoms with Gasteiger partial charge in [0.05, 0.1) is 11.3 Å². The third-order valence-corrected chi connectivity index (χ3v) is 5.96. The molecule has 0 spiro atoms. The maximum atomic E-state index is 12.8. The van der Waals surface area contributed by atoms with Crippen LogP contribution in [0.2, 0.25) is 0 Å². The van der Waals surface area contributed by atoms with E-state index in [2.05, 4.69) is 10.3 Å². The molecule has 0 saturated carbocycles. The predicted molar refractivity (Wildman–Crippen MR) is 125 cm³/mol. The van der Waals surface area contributed by atoms with Gasteiger partial charge >= 0.3 is 0 Å². The first-order valence-electron chi connectivity index (χ1n) is 10.6. The van der Waals surface area contributed by atoms with E-state index in [-0.39, 0.29) is 17.9 Å². The second-order valence-corrected chi connectivity index (χ2v) is 7.94. The Morgan fingerprint density at radius 2 is 2.00 bits per heavy atom. The Kier molecular flexibility index (Phi) is 5.81. The average Bonchev–Trinajstić information content (AvgIpc) is 3.17. The van der Waals surface area contributed by atoms with Gasteiger partial charge < -0.3 is 25.3 Å². The lowest BCUT2D eigenvalue weighted by molar-refractivity contribution is 0.0501. The van der Waals surface area contributed by atoms with Gasteiger partial charge in [0.15, 0.2) is 5.76 Å². The zero-order valence-electron chi connectivity index (χ0n) is 18.4. The molecule has 1 aromatic heterocycles. The molecule has 7 nitrogen and oxygen atoms in total. The zero-order valence-corrected chi connectivity index (χ0v) is 18.4. The van der Waals surface area contributed by atoms with Gasteiger partial charge in [0.25, 0.3) is 11.8 Å². The molecule has 2 amide bonds. The molecule has 0 radical (unpaired) electrons. The number of nitrogens with one attached hydrogen (secondary N) is 3. The van der Waals surface area contributed by atoms with Crippen LogP contribution in [0.5, 0.6) is 5.75 Å². The Labute approximate surface area is 186 Å². The molecule has 1 saturated heterocycles. The number of carbonyl (C=O) groups excluding carboxylic acids is 2. The van der Waals surface area contributed by atoms with E-state index < -0.39 is 0 Å². The Hall–Kier alpha value is -3.87. The molecule has 3 N–H and O–H groups in total. The van der Waals surface area contributed by atoms with E-state index in [4.69, 9.17) is 10.1 Å². The van der Waals surface area contributed by atoms with Crippen molar-refractivity contribution in [1.82, 2.24) is 15.2 Å². The highest BCUT2D eigenvalue weighted by Crippen LogP contribution is 2.29. The number of likely N-dealkylation sites (tertiary alicyclic amines) is 1. The molecule has 4 rings (SSSR count). The predicted octanol–water partition coefficient (Wildman–Crippen LogP) is 4.14. The number of allylic oxidation sites excluding steroid dienone is 1. The molecule has 164 valence electrons. The van der Waals surface area contributed by atoms with E-state index in [0.29, 0.717) is 28.3 Å². The van der Waals surface area contributed by atoms with E-state index in [1.807, 2.05) is 49.1 Å². The molecule has 0 bridgehead atoms. The molecule has 1 aliphatic heterocycles. The monoisotopic (exact) mass is 430 g/mol. The van der Waals surface area contributed by atoms with Gasteiger partial charge in [-0.1, -0.05) is 12.1 Å². The molecule has 0 aliphatic carbocycles. The van der Waals surface area contributed by atoms with Gasteiger partial charge in [0.2, 0.25) is 0 Å². The van der Waals surface area contributed by atoms with Crippen molar-refractivity contribution in [2.45, 2.75) is 26.3 Å². The Bertz CT molecular complexity index is 1240. The molecule has 1 atom stereocenters. The molecule has 3 aromatic rings. The number of aromatic nitrogens is 1. The lowest BCUT2D eigenvalue weighted by Gasteiger charge is -2.38. The number of rotatable bonds is 6. The van der Waals surface area contributed by atoms with Crippen molar-refractivity contribution in [3.63, 3.8) is 0 Å². The molecule has 2 heterocycles. The van der Waals surface area contributed by atoms with Crippen LogP contribution in [0.25, 0.3) is 16.5 Å². The Morgan fingerprint density at radius 1 is 1.22 bits per heavy atom. The van der Waals surface area contributed by atoms with Gasteiger partial charge in [-0.3, -0.25) is 9.59 Å². The third kappa shape index (κ3) is 3.89. The first kappa shape index (κ1) is 21.4. The molecular weight excluding hydrogens is 404 g/mol. The summed E-state index contributed by atoms with van der Waals surface area (Å²) in [4.78, 5) is 29.8. The van der Waals surface area contributed by atoms with Crippen molar-refractivity contribution in [1.29, 1.82) is 5.41 Å². The lowest BCUT2D eigenvalue weighted by Crippen LogP contribution is -2.49. The minimum Gasteiger partial charge on any atom is -0.455 e. The molecule has 1 fully saturated rings. The Morgan fingerprint density at radius 3 is 2.66 bits per heavy atom. The van der Waals surface area contributed by atoms with Gasteiger partial charge in [-0.2, -0.15) is 0 Å². The fourth-order valence-corrected chi connectivity index (χ4v) is 3.89. The molecule has 32 heavy (non-hydrogen) atoms. The van der Waals surface area contributed by atoms with Crippen molar-refractivity contribution < 1.29 is 14.3 Å². The fraction of sp³-hybridized carbons (Fsp3) is 0.240. The highest BCUT2D eigenvalue weighted by atomic mass is 16.5. The molecular formula is C25H26N4O3. The first-order valence-corrected chi connectivity index (χ1v) is 10.6. The summed E-state index contributed by atoms with van der Waals surface area (Å²) in [6.07, 6.45) is 5.42. The number of hydrogen-bond acceptors (Lipinski definition) is 4. The number of nitrogens with zero attached hydrogens (tertiary/aromatic N) is 1. The number of benzene rings is 2. The van der Waals surface area contributed by atoms with Crippen LogP contribution in [0.15, 0.2) is 48.7 Å². The quantitative estimate of drug-likeness (QED) is 0.405. The summed E-state index contributed by atoms with van der Waals surface area (Å²) in [5, 5.41) is 12.0. The topological polar surface area (TPSA) is 98.3 Å². The van der Waals surface area contributed by atoms with Crippen molar-refractivity contribution in [2.24, 2.45) is 0 Å². The number of carbonyl (C=O) groups is 2. The van der Waals surface area contributed by atoms with Crippen LogP contribution in [0.3, 0.4) is 0 Å². The summed E-state index contributed by atoms with van der Waals surface area (Å²) in [5.41, 5.74) is 2.62.